The average Bonchev–Trinajstić information content (AvgIpc) is 2.56. The van der Waals surface area contributed by atoms with Crippen LogP contribution >= 0.6 is 15.9 Å². The molecule has 1 N–H and O–H groups in total. The van der Waals surface area contributed by atoms with E-state index in [1.807, 2.05) is 19.1 Å². The number of hydrogen-bond acceptors (Lipinski definition) is 2. The van der Waals surface area contributed by atoms with Crippen LogP contribution in [0.2, 0.25) is 0 Å². The van der Waals surface area contributed by atoms with Crippen LogP contribution in [0.15, 0.2) is 22.7 Å². The monoisotopic (exact) mass is 310 g/mol. The maximum absolute atomic E-state index is 12.4. The second kappa shape index (κ2) is 5.52. The van der Waals surface area contributed by atoms with Gasteiger partial charge in [-0.05, 0) is 31.0 Å². The van der Waals surface area contributed by atoms with Gasteiger partial charge < -0.3 is 10.2 Å². The second-order valence-electron chi connectivity index (χ2n) is 4.34. The van der Waals surface area contributed by atoms with Crippen molar-refractivity contribution in [3.8, 4) is 0 Å². The van der Waals surface area contributed by atoms with Crippen LogP contribution in [0.5, 0.6) is 0 Å². The minimum Gasteiger partial charge on any atom is -0.354 e. The molecule has 0 radical (unpaired) electrons. The van der Waals surface area contributed by atoms with Crippen molar-refractivity contribution >= 4 is 27.7 Å². The van der Waals surface area contributed by atoms with E-state index in [9.17, 15) is 9.59 Å². The first-order valence-corrected chi connectivity index (χ1v) is 6.70. The summed E-state index contributed by atoms with van der Waals surface area (Å²) in [5, 5.41) is 2.76. The van der Waals surface area contributed by atoms with Gasteiger partial charge in [-0.2, -0.15) is 0 Å². The molecule has 0 aliphatic carbocycles. The van der Waals surface area contributed by atoms with Crippen LogP contribution in [0, 0.1) is 6.92 Å². The Morgan fingerprint density at radius 2 is 2.22 bits per heavy atom. The molecule has 4 nitrogen and oxygen atoms in total. The molecule has 1 heterocycles. The third-order valence-electron chi connectivity index (χ3n) is 3.05. The van der Waals surface area contributed by atoms with Gasteiger partial charge in [0, 0.05) is 23.1 Å². The summed E-state index contributed by atoms with van der Waals surface area (Å²) in [5.41, 5.74) is 1.56. The Labute approximate surface area is 114 Å². The number of benzene rings is 1. The Hall–Kier alpha value is -1.36. The highest BCUT2D eigenvalue weighted by Crippen LogP contribution is 2.21. The highest BCUT2D eigenvalue weighted by Gasteiger charge is 2.22. The van der Waals surface area contributed by atoms with Gasteiger partial charge in [-0.15, -0.1) is 0 Å². The van der Waals surface area contributed by atoms with Crippen molar-refractivity contribution in [1.29, 1.82) is 0 Å². The molecular formula is C13H15BrN2O2. The lowest BCUT2D eigenvalue weighted by Crippen LogP contribution is -2.37. The molecule has 0 unspecified atom stereocenters. The van der Waals surface area contributed by atoms with Gasteiger partial charge in [0.1, 0.15) is 0 Å². The molecule has 0 bridgehead atoms. The first-order valence-electron chi connectivity index (χ1n) is 5.90. The van der Waals surface area contributed by atoms with E-state index in [4.69, 9.17) is 0 Å². The minimum atomic E-state index is -0.0894. The van der Waals surface area contributed by atoms with E-state index >= 15 is 0 Å². The van der Waals surface area contributed by atoms with Crippen molar-refractivity contribution in [1.82, 2.24) is 10.2 Å². The third kappa shape index (κ3) is 2.72. The molecular weight excluding hydrogens is 296 g/mol. The predicted octanol–water partition coefficient (Wildman–Crippen LogP) is 1.72. The summed E-state index contributed by atoms with van der Waals surface area (Å²) >= 11 is 3.42. The van der Waals surface area contributed by atoms with E-state index in [1.54, 1.807) is 11.0 Å². The fraction of sp³-hybridized carbons (Fsp3) is 0.385. The normalized spacial score (nSPS) is 16.1. The van der Waals surface area contributed by atoms with Gasteiger partial charge in [0.15, 0.2) is 0 Å². The quantitative estimate of drug-likeness (QED) is 0.858. The molecule has 1 saturated heterocycles. The Morgan fingerprint density at radius 3 is 3.00 bits per heavy atom. The minimum absolute atomic E-state index is 0.0779. The molecule has 0 saturated carbocycles. The van der Waals surface area contributed by atoms with E-state index in [-0.39, 0.29) is 18.4 Å². The summed E-state index contributed by atoms with van der Waals surface area (Å²) < 4.78 is 0.910. The fourth-order valence-corrected chi connectivity index (χ4v) is 2.36. The van der Waals surface area contributed by atoms with Gasteiger partial charge >= 0.3 is 0 Å². The van der Waals surface area contributed by atoms with Crippen molar-refractivity contribution in [2.75, 3.05) is 19.6 Å². The van der Waals surface area contributed by atoms with Gasteiger partial charge in [0.2, 0.25) is 5.91 Å². The lowest BCUT2D eigenvalue weighted by molar-refractivity contribution is -0.121. The summed E-state index contributed by atoms with van der Waals surface area (Å²) in [6, 6.07) is 5.54. The molecule has 0 atom stereocenters. The SMILES string of the molecule is Cc1c(Br)cccc1C(=O)N1CCCNC(=O)C1. The average molecular weight is 311 g/mol. The summed E-state index contributed by atoms with van der Waals surface area (Å²) in [4.78, 5) is 25.5. The summed E-state index contributed by atoms with van der Waals surface area (Å²) in [7, 11) is 0. The van der Waals surface area contributed by atoms with Crippen molar-refractivity contribution in [3.63, 3.8) is 0 Å². The zero-order valence-corrected chi connectivity index (χ0v) is 11.8. The molecule has 1 aromatic rings. The Kier molecular flexibility index (Phi) is 4.01. The summed E-state index contributed by atoms with van der Waals surface area (Å²) in [5.74, 6) is -0.167. The zero-order chi connectivity index (χ0) is 13.1. The van der Waals surface area contributed by atoms with Crippen molar-refractivity contribution in [2.24, 2.45) is 0 Å². The van der Waals surface area contributed by atoms with Crippen LogP contribution in [0.1, 0.15) is 22.3 Å². The Morgan fingerprint density at radius 1 is 1.44 bits per heavy atom. The molecule has 5 heteroatoms. The van der Waals surface area contributed by atoms with Crippen molar-refractivity contribution < 1.29 is 9.59 Å². The standard InChI is InChI=1S/C13H15BrN2O2/c1-9-10(4-2-5-11(9)14)13(18)16-7-3-6-15-12(17)8-16/h2,4-5H,3,6-8H2,1H3,(H,15,17). The molecule has 2 rings (SSSR count). The van der Waals surface area contributed by atoms with Crippen LogP contribution in [0.25, 0.3) is 0 Å². The number of carbonyl (C=O) groups is 2. The van der Waals surface area contributed by atoms with E-state index in [0.717, 1.165) is 16.5 Å². The number of nitrogens with one attached hydrogen (secondary N) is 1. The molecule has 18 heavy (non-hydrogen) atoms. The highest BCUT2D eigenvalue weighted by atomic mass is 79.9. The Bertz CT molecular complexity index is 488. The zero-order valence-electron chi connectivity index (χ0n) is 10.2. The van der Waals surface area contributed by atoms with Crippen molar-refractivity contribution in [3.05, 3.63) is 33.8 Å². The van der Waals surface area contributed by atoms with Crippen LogP contribution in [0.3, 0.4) is 0 Å². The van der Waals surface area contributed by atoms with Gasteiger partial charge in [-0.1, -0.05) is 22.0 Å². The predicted molar refractivity (Wildman–Crippen MR) is 72.4 cm³/mol. The Balaban J connectivity index is 2.24. The van der Waals surface area contributed by atoms with Crippen LogP contribution in [-0.4, -0.2) is 36.3 Å². The lowest BCUT2D eigenvalue weighted by Gasteiger charge is -2.20. The number of rotatable bonds is 1. The van der Waals surface area contributed by atoms with Crippen molar-refractivity contribution in [2.45, 2.75) is 13.3 Å². The number of carbonyl (C=O) groups excluding carboxylic acids is 2. The molecule has 96 valence electrons. The van der Waals surface area contributed by atoms with Gasteiger partial charge in [0.05, 0.1) is 6.54 Å². The fourth-order valence-electron chi connectivity index (χ4n) is 1.99. The first kappa shape index (κ1) is 13.1. The molecule has 1 fully saturated rings. The number of hydrogen-bond donors (Lipinski definition) is 1. The van der Waals surface area contributed by atoms with E-state index < -0.39 is 0 Å². The smallest absolute Gasteiger partial charge is 0.254 e. The van der Waals surface area contributed by atoms with Gasteiger partial charge in [-0.25, -0.2) is 0 Å². The topological polar surface area (TPSA) is 49.4 Å². The van der Waals surface area contributed by atoms with E-state index in [0.29, 0.717) is 18.7 Å². The number of nitrogens with zero attached hydrogens (tertiary/aromatic N) is 1. The molecule has 0 spiro atoms. The molecule has 1 aromatic carbocycles. The molecule has 1 aliphatic rings. The highest BCUT2D eigenvalue weighted by molar-refractivity contribution is 9.10. The van der Waals surface area contributed by atoms with Gasteiger partial charge in [-0.3, -0.25) is 9.59 Å². The first-order chi connectivity index (χ1) is 8.59. The molecule has 1 aliphatic heterocycles. The number of halogens is 1. The second-order valence-corrected chi connectivity index (χ2v) is 5.20. The summed E-state index contributed by atoms with van der Waals surface area (Å²) in [6.07, 6.45) is 0.796. The van der Waals surface area contributed by atoms with E-state index in [1.165, 1.54) is 0 Å². The van der Waals surface area contributed by atoms with Crippen LogP contribution in [0.4, 0.5) is 0 Å². The maximum atomic E-state index is 12.4. The lowest BCUT2D eigenvalue weighted by atomic mass is 10.1. The maximum Gasteiger partial charge on any atom is 0.254 e. The molecule has 2 amide bonds. The van der Waals surface area contributed by atoms with Crippen LogP contribution < -0.4 is 5.32 Å². The van der Waals surface area contributed by atoms with E-state index in [2.05, 4.69) is 21.2 Å². The van der Waals surface area contributed by atoms with Crippen LogP contribution in [-0.2, 0) is 4.79 Å². The third-order valence-corrected chi connectivity index (χ3v) is 3.91. The molecule has 0 aromatic heterocycles. The van der Waals surface area contributed by atoms with Gasteiger partial charge in [0.25, 0.3) is 5.91 Å². The largest absolute Gasteiger partial charge is 0.354 e. The summed E-state index contributed by atoms with van der Waals surface area (Å²) in [6.45, 7) is 3.30. The number of amides is 2.